The van der Waals surface area contributed by atoms with Gasteiger partial charge in [0, 0.05) is 44.8 Å². The fraction of sp³-hybridized carbons (Fsp3) is 0.517. The van der Waals surface area contributed by atoms with E-state index in [-0.39, 0.29) is 10.8 Å². The molecule has 0 N–H and O–H groups in total. The van der Waals surface area contributed by atoms with Crippen LogP contribution >= 0.6 is 11.3 Å². The number of aryl methyl sites for hydroxylation is 2. The standard InChI is InChI=1S/C29H38N4O4S2/c1-21-6-4-14-32(20-21)39(35,36)25-10-8-24(9-11-25)28(34)33(15-5-13-31-16-18-37-19-17-31)29-30-27-23(3)22(2)7-12-26(27)38-29/h7-12,21H,4-6,13-20H2,1-3H3. The fourth-order valence-corrected chi connectivity index (χ4v) is 7.98. The second-order valence-corrected chi connectivity index (χ2v) is 13.7. The van der Waals surface area contributed by atoms with Crippen LogP contribution in [0.25, 0.3) is 10.2 Å². The van der Waals surface area contributed by atoms with Gasteiger partial charge in [-0.15, -0.1) is 0 Å². The lowest BCUT2D eigenvalue weighted by Crippen LogP contribution is -2.39. The molecular formula is C29H38N4O4S2. The summed E-state index contributed by atoms with van der Waals surface area (Å²) in [5.74, 6) is 0.183. The zero-order valence-corrected chi connectivity index (χ0v) is 24.7. The maximum Gasteiger partial charge on any atom is 0.260 e. The fourth-order valence-electron chi connectivity index (χ4n) is 5.33. The van der Waals surface area contributed by atoms with Crippen molar-refractivity contribution in [2.45, 2.75) is 44.9 Å². The highest BCUT2D eigenvalue weighted by Crippen LogP contribution is 2.33. The number of aromatic nitrogens is 1. The number of thiazole rings is 1. The van der Waals surface area contributed by atoms with Gasteiger partial charge in [0.05, 0.1) is 28.3 Å². The van der Waals surface area contributed by atoms with Crippen LogP contribution in [0.5, 0.6) is 0 Å². The second kappa shape index (κ2) is 12.0. The minimum Gasteiger partial charge on any atom is -0.379 e. The van der Waals surface area contributed by atoms with E-state index in [9.17, 15) is 13.2 Å². The van der Waals surface area contributed by atoms with Crippen molar-refractivity contribution in [3.8, 4) is 0 Å². The van der Waals surface area contributed by atoms with Crippen molar-refractivity contribution in [2.24, 2.45) is 5.92 Å². The molecule has 3 heterocycles. The summed E-state index contributed by atoms with van der Waals surface area (Å²) in [4.78, 5) is 23.1. The Morgan fingerprint density at radius 2 is 1.85 bits per heavy atom. The number of sulfonamides is 1. The van der Waals surface area contributed by atoms with Gasteiger partial charge in [0.1, 0.15) is 0 Å². The summed E-state index contributed by atoms with van der Waals surface area (Å²) in [5, 5.41) is 0.671. The first kappa shape index (κ1) is 28.2. The molecule has 1 amide bonds. The minimum absolute atomic E-state index is 0.166. The normalized spacial score (nSPS) is 19.4. The second-order valence-electron chi connectivity index (χ2n) is 10.7. The summed E-state index contributed by atoms with van der Waals surface area (Å²) in [6.45, 7) is 12.0. The van der Waals surface area contributed by atoms with Gasteiger partial charge in [-0.05, 0) is 80.5 Å². The van der Waals surface area contributed by atoms with Crippen LogP contribution in [0, 0.1) is 19.8 Å². The van der Waals surface area contributed by atoms with Crippen LogP contribution in [0.15, 0.2) is 41.3 Å². The molecule has 1 aromatic heterocycles. The molecule has 2 fully saturated rings. The molecule has 2 aliphatic rings. The number of hydrogen-bond acceptors (Lipinski definition) is 7. The monoisotopic (exact) mass is 570 g/mol. The number of fused-ring (bicyclic) bond motifs is 1. The Hall–Kier alpha value is -2.37. The van der Waals surface area contributed by atoms with Gasteiger partial charge in [-0.2, -0.15) is 4.31 Å². The van der Waals surface area contributed by atoms with Gasteiger partial charge in [-0.25, -0.2) is 13.4 Å². The Kier molecular flexibility index (Phi) is 8.68. The van der Waals surface area contributed by atoms with Gasteiger partial charge in [-0.1, -0.05) is 24.3 Å². The molecule has 39 heavy (non-hydrogen) atoms. The average molecular weight is 571 g/mol. The number of anilines is 1. The third-order valence-corrected chi connectivity index (χ3v) is 10.8. The summed E-state index contributed by atoms with van der Waals surface area (Å²) < 4.78 is 34.5. The van der Waals surface area contributed by atoms with E-state index in [0.717, 1.165) is 67.9 Å². The van der Waals surface area contributed by atoms with Crippen molar-refractivity contribution in [2.75, 3.05) is 57.4 Å². The molecule has 3 aromatic rings. The van der Waals surface area contributed by atoms with E-state index in [1.165, 1.54) is 16.9 Å². The maximum absolute atomic E-state index is 13.9. The van der Waals surface area contributed by atoms with Gasteiger partial charge in [0.2, 0.25) is 10.0 Å². The number of benzene rings is 2. The molecule has 1 unspecified atom stereocenters. The van der Waals surface area contributed by atoms with Crippen LogP contribution in [-0.2, 0) is 14.8 Å². The zero-order valence-electron chi connectivity index (χ0n) is 23.1. The van der Waals surface area contributed by atoms with E-state index in [2.05, 4.69) is 37.8 Å². The molecule has 2 aromatic carbocycles. The van der Waals surface area contributed by atoms with Crippen molar-refractivity contribution in [1.82, 2.24) is 14.2 Å². The van der Waals surface area contributed by atoms with Crippen molar-refractivity contribution in [3.05, 3.63) is 53.1 Å². The molecular weight excluding hydrogens is 532 g/mol. The minimum atomic E-state index is -3.58. The van der Waals surface area contributed by atoms with Gasteiger partial charge in [0.25, 0.3) is 5.91 Å². The highest BCUT2D eigenvalue weighted by Gasteiger charge is 2.29. The zero-order chi connectivity index (χ0) is 27.6. The molecule has 210 valence electrons. The van der Waals surface area contributed by atoms with Crippen LogP contribution in [0.4, 0.5) is 5.13 Å². The quantitative estimate of drug-likeness (QED) is 0.390. The molecule has 2 aliphatic heterocycles. The van der Waals surface area contributed by atoms with Crippen molar-refractivity contribution < 1.29 is 17.9 Å². The Balaban J connectivity index is 1.39. The summed E-state index contributed by atoms with van der Waals surface area (Å²) in [6.07, 6.45) is 2.72. The lowest BCUT2D eigenvalue weighted by Gasteiger charge is -2.30. The number of rotatable bonds is 8. The Bertz CT molecular complexity index is 1420. The third-order valence-electron chi connectivity index (χ3n) is 7.87. The lowest BCUT2D eigenvalue weighted by atomic mass is 10.0. The third kappa shape index (κ3) is 6.20. The lowest BCUT2D eigenvalue weighted by molar-refractivity contribution is 0.0376. The highest BCUT2D eigenvalue weighted by atomic mass is 32.2. The molecule has 8 nitrogen and oxygen atoms in total. The van der Waals surface area contributed by atoms with Gasteiger partial charge < -0.3 is 4.74 Å². The SMILES string of the molecule is Cc1ccc2sc(N(CCCN3CCOCC3)C(=O)c3ccc(S(=O)(=O)N4CCCC(C)C4)cc3)nc2c1C. The maximum atomic E-state index is 13.9. The number of piperidine rings is 1. The van der Waals surface area contributed by atoms with E-state index in [0.29, 0.717) is 36.2 Å². The largest absolute Gasteiger partial charge is 0.379 e. The molecule has 0 spiro atoms. The average Bonchev–Trinajstić information content (AvgIpc) is 3.38. The first-order chi connectivity index (χ1) is 18.7. The predicted octanol–water partition coefficient (Wildman–Crippen LogP) is 4.70. The van der Waals surface area contributed by atoms with Crippen LogP contribution in [-0.4, -0.2) is 81.0 Å². The van der Waals surface area contributed by atoms with Crippen LogP contribution in [0.3, 0.4) is 0 Å². The molecule has 0 aliphatic carbocycles. The number of hydrogen-bond donors (Lipinski definition) is 0. The van der Waals surface area contributed by atoms with E-state index >= 15 is 0 Å². The highest BCUT2D eigenvalue weighted by molar-refractivity contribution is 7.89. The van der Waals surface area contributed by atoms with Crippen molar-refractivity contribution >= 4 is 42.6 Å². The molecule has 2 saturated heterocycles. The summed E-state index contributed by atoms with van der Waals surface area (Å²) in [7, 11) is -3.58. The number of amides is 1. The first-order valence-corrected chi connectivity index (χ1v) is 16.1. The van der Waals surface area contributed by atoms with Crippen molar-refractivity contribution in [3.63, 3.8) is 0 Å². The van der Waals surface area contributed by atoms with Gasteiger partial charge in [-0.3, -0.25) is 14.6 Å². The first-order valence-electron chi connectivity index (χ1n) is 13.8. The number of carbonyl (C=O) groups excluding carboxylic acids is 1. The summed E-state index contributed by atoms with van der Waals surface area (Å²) in [6, 6.07) is 10.6. The Morgan fingerprint density at radius 1 is 1.10 bits per heavy atom. The number of morpholine rings is 1. The van der Waals surface area contributed by atoms with Gasteiger partial charge in [0.15, 0.2) is 5.13 Å². The van der Waals surface area contributed by atoms with E-state index in [1.807, 2.05) is 0 Å². The Morgan fingerprint density at radius 3 is 2.56 bits per heavy atom. The van der Waals surface area contributed by atoms with E-state index in [1.54, 1.807) is 33.5 Å². The number of carbonyl (C=O) groups is 1. The van der Waals surface area contributed by atoms with E-state index < -0.39 is 10.0 Å². The van der Waals surface area contributed by atoms with Gasteiger partial charge >= 0.3 is 0 Å². The smallest absolute Gasteiger partial charge is 0.260 e. The molecule has 5 rings (SSSR count). The van der Waals surface area contributed by atoms with Crippen molar-refractivity contribution in [1.29, 1.82) is 0 Å². The number of nitrogens with zero attached hydrogens (tertiary/aromatic N) is 4. The molecule has 0 saturated carbocycles. The predicted molar refractivity (Wildman–Crippen MR) is 156 cm³/mol. The van der Waals surface area contributed by atoms with Crippen LogP contribution in [0.2, 0.25) is 0 Å². The van der Waals surface area contributed by atoms with Crippen LogP contribution in [0.1, 0.15) is 47.7 Å². The summed E-state index contributed by atoms with van der Waals surface area (Å²) >= 11 is 1.52. The Labute approximate surface area is 235 Å². The topological polar surface area (TPSA) is 83.0 Å². The summed E-state index contributed by atoms with van der Waals surface area (Å²) in [5.41, 5.74) is 3.68. The molecule has 0 bridgehead atoms. The molecule has 10 heteroatoms. The number of ether oxygens (including phenoxy) is 1. The van der Waals surface area contributed by atoms with E-state index in [4.69, 9.17) is 9.72 Å². The molecule has 0 radical (unpaired) electrons. The molecule has 1 atom stereocenters. The van der Waals surface area contributed by atoms with Crippen LogP contribution < -0.4 is 4.90 Å².